The number of nitrogens with zero attached hydrogens (tertiary/aromatic N) is 1. The number of carbonyl (C=O) groups excluding carboxylic acids is 2. The number of aromatic hydroxyl groups is 1. The number of sulfonamides is 2. The molecule has 1 aliphatic heterocycles. The molecule has 3 aromatic carbocycles. The van der Waals surface area contributed by atoms with Crippen LogP contribution in [-0.2, 0) is 20.0 Å². The van der Waals surface area contributed by atoms with Crippen molar-refractivity contribution in [1.82, 2.24) is 0 Å². The Balaban J connectivity index is 1.72. The Hall–Kier alpha value is -3.74. The van der Waals surface area contributed by atoms with Crippen molar-refractivity contribution >= 4 is 43.2 Å². The molecule has 1 heterocycles. The first-order valence-corrected chi connectivity index (χ1v) is 12.0. The fraction of sp³-hybridized carbons (Fsp3) is 0. The van der Waals surface area contributed by atoms with Gasteiger partial charge in [0.2, 0.25) is 10.0 Å². The van der Waals surface area contributed by atoms with Crippen LogP contribution in [0.1, 0.15) is 20.7 Å². The lowest BCUT2D eigenvalue weighted by molar-refractivity contribution is 0.0925. The van der Waals surface area contributed by atoms with Crippen LogP contribution in [0.5, 0.6) is 5.75 Å². The molecule has 164 valence electrons. The van der Waals surface area contributed by atoms with Crippen LogP contribution in [0.2, 0.25) is 0 Å². The Morgan fingerprint density at radius 3 is 2.00 bits per heavy atom. The van der Waals surface area contributed by atoms with Gasteiger partial charge in [-0.15, -0.1) is 0 Å². The number of phenols is 1. The molecule has 32 heavy (non-hydrogen) atoms. The molecule has 0 fully saturated rings. The quantitative estimate of drug-likeness (QED) is 0.474. The molecule has 12 heteroatoms. The van der Waals surface area contributed by atoms with Crippen LogP contribution >= 0.6 is 0 Å². The summed E-state index contributed by atoms with van der Waals surface area (Å²) >= 11 is 0. The molecular weight excluding hydrogens is 458 g/mol. The van der Waals surface area contributed by atoms with Gasteiger partial charge in [0.05, 0.1) is 32.3 Å². The Bertz CT molecular complexity index is 1460. The normalized spacial score (nSPS) is 13.8. The van der Waals surface area contributed by atoms with Gasteiger partial charge in [-0.1, -0.05) is 18.2 Å². The number of hydrogen-bond donors (Lipinski definition) is 3. The molecule has 0 saturated heterocycles. The van der Waals surface area contributed by atoms with Gasteiger partial charge < -0.3 is 5.11 Å². The highest BCUT2D eigenvalue weighted by Gasteiger charge is 2.38. The summed E-state index contributed by atoms with van der Waals surface area (Å²) in [5, 5.41) is 15.3. The van der Waals surface area contributed by atoms with Gasteiger partial charge >= 0.3 is 0 Å². The van der Waals surface area contributed by atoms with Gasteiger partial charge in [0.25, 0.3) is 21.8 Å². The molecule has 0 unspecified atom stereocenters. The highest BCUT2D eigenvalue weighted by Crippen LogP contribution is 2.36. The highest BCUT2D eigenvalue weighted by atomic mass is 32.2. The molecule has 0 atom stereocenters. The van der Waals surface area contributed by atoms with Crippen molar-refractivity contribution in [2.24, 2.45) is 5.14 Å². The lowest BCUT2D eigenvalue weighted by Crippen LogP contribution is -2.29. The third-order valence-corrected chi connectivity index (χ3v) is 7.00. The predicted molar refractivity (Wildman–Crippen MR) is 114 cm³/mol. The van der Waals surface area contributed by atoms with Gasteiger partial charge in [-0.3, -0.25) is 14.3 Å². The van der Waals surface area contributed by atoms with Crippen molar-refractivity contribution in [1.29, 1.82) is 0 Å². The summed E-state index contributed by atoms with van der Waals surface area (Å²) in [5.74, 6) is -1.89. The van der Waals surface area contributed by atoms with Crippen LogP contribution in [-0.4, -0.2) is 33.8 Å². The molecule has 0 aromatic heterocycles. The summed E-state index contributed by atoms with van der Waals surface area (Å²) in [6.07, 6.45) is 0. The number of phenolic OH excluding ortho intramolecular Hbond substituents is 1. The minimum atomic E-state index is -4.29. The Morgan fingerprint density at radius 2 is 1.41 bits per heavy atom. The third kappa shape index (κ3) is 3.70. The maximum atomic E-state index is 12.9. The number of amides is 2. The SMILES string of the molecule is NS(=O)(=O)c1cccc(NS(=O)(=O)c2ccc(O)c(N3C(=O)c4ccccc4C3=O)c2)c1. The molecule has 10 nitrogen and oxygen atoms in total. The molecule has 0 saturated carbocycles. The molecule has 3 aromatic rings. The predicted octanol–water partition coefficient (Wildman–Crippen LogP) is 1.64. The van der Waals surface area contributed by atoms with Gasteiger partial charge in [0.1, 0.15) is 5.75 Å². The van der Waals surface area contributed by atoms with Gasteiger partial charge in [-0.2, -0.15) is 0 Å². The van der Waals surface area contributed by atoms with Crippen molar-refractivity contribution in [3.8, 4) is 5.75 Å². The lowest BCUT2D eigenvalue weighted by Gasteiger charge is -2.17. The van der Waals surface area contributed by atoms with E-state index in [-0.39, 0.29) is 32.3 Å². The van der Waals surface area contributed by atoms with E-state index in [9.17, 15) is 31.5 Å². The molecule has 0 aliphatic carbocycles. The van der Waals surface area contributed by atoms with Crippen LogP contribution in [0.25, 0.3) is 0 Å². The number of carbonyl (C=O) groups is 2. The summed E-state index contributed by atoms with van der Waals surface area (Å²) in [4.78, 5) is 25.4. The zero-order valence-corrected chi connectivity index (χ0v) is 17.7. The standard InChI is InChI=1S/C20H15N3O7S2/c21-31(27,28)13-5-3-4-12(10-13)22-32(29,30)14-8-9-18(24)17(11-14)23-19(25)15-6-1-2-7-16(15)20(23)26/h1-11,22,24H,(H2,21,27,28). The van der Waals surface area contributed by atoms with Crippen molar-refractivity contribution in [2.45, 2.75) is 9.79 Å². The van der Waals surface area contributed by atoms with E-state index in [0.29, 0.717) is 4.90 Å². The number of hydrogen-bond acceptors (Lipinski definition) is 7. The maximum Gasteiger partial charge on any atom is 0.266 e. The summed E-state index contributed by atoms with van der Waals surface area (Å²) in [6, 6.07) is 14.0. The first-order chi connectivity index (χ1) is 15.0. The lowest BCUT2D eigenvalue weighted by atomic mass is 10.1. The fourth-order valence-corrected chi connectivity index (χ4v) is 4.84. The number of primary sulfonamides is 1. The molecule has 4 rings (SSSR count). The summed E-state index contributed by atoms with van der Waals surface area (Å²) in [5.41, 5.74) is -0.129. The molecule has 4 N–H and O–H groups in total. The van der Waals surface area contributed by atoms with Crippen molar-refractivity contribution < 1.29 is 31.5 Å². The first-order valence-electron chi connectivity index (χ1n) is 8.95. The van der Waals surface area contributed by atoms with Crippen LogP contribution in [0, 0.1) is 0 Å². The summed E-state index contributed by atoms with van der Waals surface area (Å²) in [6.45, 7) is 0. The van der Waals surface area contributed by atoms with Crippen molar-refractivity contribution in [3.63, 3.8) is 0 Å². The monoisotopic (exact) mass is 473 g/mol. The van der Waals surface area contributed by atoms with Crippen LogP contribution in [0.15, 0.2) is 76.5 Å². The average molecular weight is 473 g/mol. The van der Waals surface area contributed by atoms with Crippen molar-refractivity contribution in [3.05, 3.63) is 77.9 Å². The average Bonchev–Trinajstić information content (AvgIpc) is 2.98. The first kappa shape index (κ1) is 21.5. The van der Waals surface area contributed by atoms with Crippen LogP contribution in [0.4, 0.5) is 11.4 Å². The number of rotatable bonds is 5. The molecule has 0 radical (unpaired) electrons. The number of anilines is 2. The van der Waals surface area contributed by atoms with Crippen LogP contribution in [0.3, 0.4) is 0 Å². The van der Waals surface area contributed by atoms with E-state index < -0.39 is 37.6 Å². The smallest absolute Gasteiger partial charge is 0.266 e. The van der Waals surface area contributed by atoms with Crippen LogP contribution < -0.4 is 14.8 Å². The zero-order chi connectivity index (χ0) is 23.3. The van der Waals surface area contributed by atoms with E-state index in [2.05, 4.69) is 4.72 Å². The van der Waals surface area contributed by atoms with E-state index in [1.807, 2.05) is 0 Å². The van der Waals surface area contributed by atoms with E-state index in [0.717, 1.165) is 24.3 Å². The number of fused-ring (bicyclic) bond motifs is 1. The van der Waals surface area contributed by atoms with Gasteiger partial charge in [0, 0.05) is 0 Å². The number of nitrogens with two attached hydrogens (primary N) is 1. The summed E-state index contributed by atoms with van der Waals surface area (Å²) < 4.78 is 50.9. The van der Waals surface area contributed by atoms with E-state index in [1.54, 1.807) is 12.1 Å². The minimum absolute atomic E-state index is 0.0770. The second-order valence-corrected chi connectivity index (χ2v) is 10.1. The van der Waals surface area contributed by atoms with E-state index >= 15 is 0 Å². The number of benzene rings is 3. The number of imide groups is 1. The molecule has 0 bridgehead atoms. The topological polar surface area (TPSA) is 164 Å². The highest BCUT2D eigenvalue weighted by molar-refractivity contribution is 7.92. The van der Waals surface area contributed by atoms with E-state index in [1.165, 1.54) is 30.3 Å². The zero-order valence-electron chi connectivity index (χ0n) is 16.1. The van der Waals surface area contributed by atoms with Gasteiger partial charge in [-0.05, 0) is 48.5 Å². The largest absolute Gasteiger partial charge is 0.506 e. The van der Waals surface area contributed by atoms with E-state index in [4.69, 9.17) is 5.14 Å². The minimum Gasteiger partial charge on any atom is -0.506 e. The van der Waals surface area contributed by atoms with Gasteiger partial charge in [0.15, 0.2) is 0 Å². The Labute approximate surface area is 183 Å². The Morgan fingerprint density at radius 1 is 0.781 bits per heavy atom. The van der Waals surface area contributed by atoms with Crippen molar-refractivity contribution in [2.75, 3.05) is 9.62 Å². The second kappa shape index (κ2) is 7.44. The molecule has 1 aliphatic rings. The Kier molecular flexibility index (Phi) is 5.00. The molecule has 0 spiro atoms. The molecular formula is C20H15N3O7S2. The summed E-state index contributed by atoms with van der Waals surface area (Å²) in [7, 11) is -8.35. The molecule has 2 amide bonds. The number of nitrogens with one attached hydrogen (secondary N) is 1. The second-order valence-electron chi connectivity index (χ2n) is 6.82. The fourth-order valence-electron chi connectivity index (χ4n) is 3.21. The maximum absolute atomic E-state index is 12.9. The third-order valence-electron chi connectivity index (χ3n) is 4.71. The van der Waals surface area contributed by atoms with Gasteiger partial charge in [-0.25, -0.2) is 26.9 Å².